The van der Waals surface area contributed by atoms with Crippen molar-refractivity contribution in [1.82, 2.24) is 10.3 Å². The Morgan fingerprint density at radius 1 is 1.18 bits per heavy atom. The highest BCUT2D eigenvalue weighted by Crippen LogP contribution is 2.34. The molecule has 1 aromatic heterocycles. The van der Waals surface area contributed by atoms with Crippen molar-refractivity contribution in [3.63, 3.8) is 0 Å². The molecule has 0 saturated carbocycles. The average molecular weight is 383 g/mol. The average Bonchev–Trinajstić information content (AvgIpc) is 2.72. The van der Waals surface area contributed by atoms with E-state index < -0.39 is 0 Å². The number of pyridine rings is 1. The Labute approximate surface area is 166 Å². The molecule has 0 saturated heterocycles. The van der Waals surface area contributed by atoms with Gasteiger partial charge in [0.2, 0.25) is 0 Å². The van der Waals surface area contributed by atoms with Crippen LogP contribution in [-0.2, 0) is 13.0 Å². The van der Waals surface area contributed by atoms with Gasteiger partial charge in [-0.05, 0) is 54.2 Å². The largest absolute Gasteiger partial charge is 0.493 e. The first-order chi connectivity index (χ1) is 13.5. The number of aromatic nitrogens is 1. The summed E-state index contributed by atoms with van der Waals surface area (Å²) in [5.41, 5.74) is 3.97. The lowest BCUT2D eigenvalue weighted by atomic mass is 9.98. The molecule has 1 N–H and O–H groups in total. The molecule has 6 nitrogen and oxygen atoms in total. The molecule has 0 fully saturated rings. The van der Waals surface area contributed by atoms with Crippen LogP contribution in [0.1, 0.15) is 41.9 Å². The summed E-state index contributed by atoms with van der Waals surface area (Å²) in [6, 6.07) is 7.87. The molecule has 0 atom stereocenters. The van der Waals surface area contributed by atoms with E-state index >= 15 is 0 Å². The number of anilines is 1. The second-order valence-corrected chi connectivity index (χ2v) is 7.49. The number of carbonyl (C=O) groups excluding carboxylic acids is 1. The number of carbonyl (C=O) groups is 1. The van der Waals surface area contributed by atoms with Gasteiger partial charge < -0.3 is 19.7 Å². The molecule has 2 aromatic rings. The van der Waals surface area contributed by atoms with Crippen LogP contribution in [0.2, 0.25) is 0 Å². The third kappa shape index (κ3) is 4.55. The minimum absolute atomic E-state index is 0.118. The number of nitrogens with zero attached hydrogens (tertiary/aromatic N) is 2. The number of nitrogens with one attached hydrogen (secondary N) is 1. The molecule has 1 aromatic carbocycles. The Balaban J connectivity index is 1.68. The fraction of sp³-hybridized carbons (Fsp3) is 0.455. The molecule has 0 unspecified atom stereocenters. The predicted octanol–water partition coefficient (Wildman–Crippen LogP) is 3.44. The first kappa shape index (κ1) is 20.0. The molecule has 1 amide bonds. The van der Waals surface area contributed by atoms with Gasteiger partial charge >= 0.3 is 0 Å². The lowest BCUT2D eigenvalue weighted by Crippen LogP contribution is -2.31. The number of fused-ring (bicyclic) bond motifs is 1. The molecular weight excluding hydrogens is 354 g/mol. The van der Waals surface area contributed by atoms with E-state index in [4.69, 9.17) is 9.47 Å². The maximum absolute atomic E-state index is 12.2. The summed E-state index contributed by atoms with van der Waals surface area (Å²) in [6.45, 7) is 6.62. The van der Waals surface area contributed by atoms with E-state index in [1.54, 1.807) is 26.5 Å². The van der Waals surface area contributed by atoms with Crippen molar-refractivity contribution in [2.75, 3.05) is 32.2 Å². The van der Waals surface area contributed by atoms with E-state index in [2.05, 4.69) is 35.1 Å². The third-order valence-electron chi connectivity index (χ3n) is 5.07. The molecule has 2 heterocycles. The first-order valence-electron chi connectivity index (χ1n) is 9.74. The lowest BCUT2D eigenvalue weighted by molar-refractivity contribution is 0.0947. The van der Waals surface area contributed by atoms with Crippen LogP contribution in [0.5, 0.6) is 11.5 Å². The lowest BCUT2D eigenvalue weighted by Gasteiger charge is -2.31. The first-order valence-corrected chi connectivity index (χ1v) is 9.74. The van der Waals surface area contributed by atoms with Gasteiger partial charge in [0.15, 0.2) is 11.5 Å². The van der Waals surface area contributed by atoms with Crippen LogP contribution >= 0.6 is 0 Å². The van der Waals surface area contributed by atoms with Gasteiger partial charge in [-0.25, -0.2) is 4.98 Å². The van der Waals surface area contributed by atoms with Crippen molar-refractivity contribution in [2.24, 2.45) is 5.92 Å². The van der Waals surface area contributed by atoms with Gasteiger partial charge in [0.25, 0.3) is 5.91 Å². The van der Waals surface area contributed by atoms with E-state index in [1.165, 1.54) is 11.1 Å². The molecule has 0 spiro atoms. The third-order valence-corrected chi connectivity index (χ3v) is 5.07. The smallest absolute Gasteiger partial charge is 0.269 e. The summed E-state index contributed by atoms with van der Waals surface area (Å²) < 4.78 is 10.8. The summed E-state index contributed by atoms with van der Waals surface area (Å²) >= 11 is 0. The zero-order chi connectivity index (χ0) is 20.1. The van der Waals surface area contributed by atoms with Crippen LogP contribution in [0, 0.1) is 5.92 Å². The zero-order valence-electron chi connectivity index (χ0n) is 17.1. The van der Waals surface area contributed by atoms with Gasteiger partial charge in [-0.3, -0.25) is 4.79 Å². The molecule has 6 heteroatoms. The number of ether oxygens (including phenoxy) is 2. The Bertz CT molecular complexity index is 819. The summed E-state index contributed by atoms with van der Waals surface area (Å²) in [6.07, 6.45) is 3.67. The molecule has 1 aliphatic rings. The Hall–Kier alpha value is -2.76. The summed E-state index contributed by atoms with van der Waals surface area (Å²) in [5, 5.41) is 2.92. The number of benzene rings is 1. The zero-order valence-corrected chi connectivity index (χ0v) is 17.1. The molecule has 0 aliphatic carbocycles. The minimum atomic E-state index is -0.118. The van der Waals surface area contributed by atoms with E-state index in [0.29, 0.717) is 18.2 Å². The van der Waals surface area contributed by atoms with Crippen molar-refractivity contribution >= 4 is 11.6 Å². The van der Waals surface area contributed by atoms with Crippen molar-refractivity contribution < 1.29 is 14.3 Å². The summed E-state index contributed by atoms with van der Waals surface area (Å²) in [7, 11) is 3.31. The number of rotatable bonds is 7. The fourth-order valence-electron chi connectivity index (χ4n) is 3.38. The molecule has 0 bridgehead atoms. The van der Waals surface area contributed by atoms with Gasteiger partial charge in [-0.1, -0.05) is 13.8 Å². The van der Waals surface area contributed by atoms with E-state index in [0.717, 1.165) is 43.1 Å². The molecule has 0 radical (unpaired) electrons. The standard InChI is InChI=1S/C22H29N3O3/c1-15(2)7-9-23-22(26)19-6-5-18(13-24-19)25-10-8-16-11-20(27-3)21(28-4)12-17(16)14-25/h5-6,11-13,15H,7-10,14H2,1-4H3,(H,23,26). The van der Waals surface area contributed by atoms with Gasteiger partial charge in [-0.2, -0.15) is 0 Å². The Morgan fingerprint density at radius 3 is 2.50 bits per heavy atom. The van der Waals surface area contributed by atoms with Crippen molar-refractivity contribution in [2.45, 2.75) is 33.2 Å². The Kier molecular flexibility index (Phi) is 6.39. The highest BCUT2D eigenvalue weighted by molar-refractivity contribution is 5.92. The second-order valence-electron chi connectivity index (χ2n) is 7.49. The van der Waals surface area contributed by atoms with Crippen LogP contribution in [0.3, 0.4) is 0 Å². The van der Waals surface area contributed by atoms with Crippen LogP contribution in [-0.4, -0.2) is 38.2 Å². The molecular formula is C22H29N3O3. The SMILES string of the molecule is COc1cc2c(cc1OC)CN(c1ccc(C(=O)NCCC(C)C)nc1)CC2. The van der Waals surface area contributed by atoms with Gasteiger partial charge in [0.1, 0.15) is 5.69 Å². The van der Waals surface area contributed by atoms with Crippen molar-refractivity contribution in [3.8, 4) is 11.5 Å². The van der Waals surface area contributed by atoms with Gasteiger partial charge in [0, 0.05) is 19.6 Å². The Morgan fingerprint density at radius 2 is 1.89 bits per heavy atom. The normalized spacial score (nSPS) is 13.2. The summed E-state index contributed by atoms with van der Waals surface area (Å²) in [5.74, 6) is 1.96. The van der Waals surface area contributed by atoms with Crippen LogP contribution < -0.4 is 19.7 Å². The number of amides is 1. The highest BCUT2D eigenvalue weighted by atomic mass is 16.5. The molecule has 28 heavy (non-hydrogen) atoms. The van der Waals surface area contributed by atoms with E-state index in [-0.39, 0.29) is 5.91 Å². The second kappa shape index (κ2) is 8.95. The maximum atomic E-state index is 12.2. The van der Waals surface area contributed by atoms with E-state index in [9.17, 15) is 4.79 Å². The molecule has 1 aliphatic heterocycles. The van der Waals surface area contributed by atoms with Crippen LogP contribution in [0.25, 0.3) is 0 Å². The van der Waals surface area contributed by atoms with Gasteiger partial charge in [0.05, 0.1) is 26.1 Å². The molecule has 150 valence electrons. The summed E-state index contributed by atoms with van der Waals surface area (Å²) in [4.78, 5) is 18.8. The monoisotopic (exact) mass is 383 g/mol. The number of methoxy groups -OCH3 is 2. The quantitative estimate of drug-likeness (QED) is 0.794. The predicted molar refractivity (Wildman–Crippen MR) is 110 cm³/mol. The van der Waals surface area contributed by atoms with E-state index in [1.807, 2.05) is 12.1 Å². The van der Waals surface area contributed by atoms with Gasteiger partial charge in [-0.15, -0.1) is 0 Å². The van der Waals surface area contributed by atoms with Crippen molar-refractivity contribution in [1.29, 1.82) is 0 Å². The van der Waals surface area contributed by atoms with Crippen LogP contribution in [0.15, 0.2) is 30.5 Å². The highest BCUT2D eigenvalue weighted by Gasteiger charge is 2.20. The number of hydrogen-bond donors (Lipinski definition) is 1. The van der Waals surface area contributed by atoms with Crippen molar-refractivity contribution in [3.05, 3.63) is 47.3 Å². The van der Waals surface area contributed by atoms with Crippen LogP contribution in [0.4, 0.5) is 5.69 Å². The number of hydrogen-bond acceptors (Lipinski definition) is 5. The molecule has 3 rings (SSSR count). The minimum Gasteiger partial charge on any atom is -0.493 e. The maximum Gasteiger partial charge on any atom is 0.269 e. The fourth-order valence-corrected chi connectivity index (χ4v) is 3.38. The topological polar surface area (TPSA) is 63.7 Å².